The van der Waals surface area contributed by atoms with Gasteiger partial charge in [0.05, 0.1) is 26.9 Å². The first-order valence-corrected chi connectivity index (χ1v) is 13.2. The topological polar surface area (TPSA) is 71.1 Å². The Hall–Kier alpha value is -2.58. The van der Waals surface area contributed by atoms with E-state index in [1.165, 1.54) is 15.3 Å². The van der Waals surface area contributed by atoms with E-state index in [-0.39, 0.29) is 30.1 Å². The summed E-state index contributed by atoms with van der Waals surface area (Å²) in [5, 5.41) is 5.19. The molecule has 3 aliphatic rings. The summed E-state index contributed by atoms with van der Waals surface area (Å²) >= 11 is 1.68. The van der Waals surface area contributed by atoms with Gasteiger partial charge < -0.3 is 14.8 Å². The molecular formula is C27H35N3O4S. The number of nitrogens with one attached hydrogen (secondary N) is 1. The number of benzene rings is 1. The van der Waals surface area contributed by atoms with Crippen molar-refractivity contribution in [2.45, 2.75) is 58.0 Å². The lowest BCUT2D eigenvalue weighted by molar-refractivity contribution is -0.136. The van der Waals surface area contributed by atoms with E-state index in [0.29, 0.717) is 24.5 Å². The molecule has 2 fully saturated rings. The number of imide groups is 1. The second kappa shape index (κ2) is 8.82. The molecule has 3 atom stereocenters. The van der Waals surface area contributed by atoms with Crippen molar-refractivity contribution in [2.75, 3.05) is 27.4 Å². The van der Waals surface area contributed by atoms with E-state index in [1.807, 2.05) is 12.1 Å². The predicted octanol–water partition coefficient (Wildman–Crippen LogP) is 4.81. The third-order valence-electron chi connectivity index (χ3n) is 7.73. The molecular weight excluding hydrogens is 462 g/mol. The molecule has 8 heteroatoms. The minimum atomic E-state index is -0.791. The van der Waals surface area contributed by atoms with Crippen LogP contribution in [0.3, 0.4) is 0 Å². The van der Waals surface area contributed by atoms with Crippen LogP contribution in [0.4, 0.5) is 4.79 Å². The van der Waals surface area contributed by atoms with E-state index >= 15 is 0 Å². The van der Waals surface area contributed by atoms with Crippen LogP contribution in [0.15, 0.2) is 29.6 Å². The van der Waals surface area contributed by atoms with Crippen LogP contribution in [0.25, 0.3) is 0 Å². The second-order valence-electron chi connectivity index (χ2n) is 11.1. The maximum absolute atomic E-state index is 13.8. The van der Waals surface area contributed by atoms with Gasteiger partial charge in [-0.3, -0.25) is 9.69 Å². The first-order valence-electron chi connectivity index (χ1n) is 12.3. The van der Waals surface area contributed by atoms with Crippen molar-refractivity contribution in [3.8, 4) is 11.5 Å². The fourth-order valence-electron chi connectivity index (χ4n) is 6.75. The van der Waals surface area contributed by atoms with Crippen LogP contribution in [0.2, 0.25) is 0 Å². The number of thiophene rings is 1. The smallest absolute Gasteiger partial charge is 0.326 e. The fraction of sp³-hybridized carbons (Fsp3) is 0.556. The standard InChI is InChI=1S/C27H35N3O4S/c1-17-13-26(2,3)15-27(14-17)24(31)30(25(32)28-27)16-29-9-8-18-11-20(33-4)21(34-5)12-19(18)23(29)22-7-6-10-35-22/h6-7,10-12,17,23H,8-9,13-16H2,1-5H3,(H,28,32)/t17-,23+,27-/m0/s1. The van der Waals surface area contributed by atoms with Crippen molar-refractivity contribution in [1.82, 2.24) is 15.1 Å². The van der Waals surface area contributed by atoms with Gasteiger partial charge in [0.25, 0.3) is 5.91 Å². The van der Waals surface area contributed by atoms with Crippen molar-refractivity contribution >= 4 is 23.3 Å². The summed E-state index contributed by atoms with van der Waals surface area (Å²) in [7, 11) is 3.29. The number of hydrogen-bond acceptors (Lipinski definition) is 6. The number of methoxy groups -OCH3 is 2. The average Bonchev–Trinajstić information content (AvgIpc) is 3.39. The summed E-state index contributed by atoms with van der Waals surface area (Å²) in [5.41, 5.74) is 1.55. The lowest BCUT2D eigenvalue weighted by atomic mass is 9.64. The Balaban J connectivity index is 1.47. The van der Waals surface area contributed by atoms with E-state index in [1.54, 1.807) is 25.6 Å². The summed E-state index contributed by atoms with van der Waals surface area (Å²) in [4.78, 5) is 31.9. The Labute approximate surface area is 211 Å². The number of hydrogen-bond donors (Lipinski definition) is 1. The van der Waals surface area contributed by atoms with E-state index in [0.717, 1.165) is 30.7 Å². The molecule has 35 heavy (non-hydrogen) atoms. The van der Waals surface area contributed by atoms with Crippen LogP contribution in [-0.4, -0.2) is 54.7 Å². The SMILES string of the molecule is COc1cc2c(cc1OC)[C@H](c1cccs1)N(CN1C(=O)N[C@]3(C[C@@H](C)CC(C)(C)C3)C1=O)CC2. The number of carbonyl (C=O) groups is 2. The lowest BCUT2D eigenvalue weighted by Gasteiger charge is -2.44. The maximum Gasteiger partial charge on any atom is 0.326 e. The van der Waals surface area contributed by atoms with Gasteiger partial charge in [-0.15, -0.1) is 11.3 Å². The number of carbonyl (C=O) groups excluding carboxylic acids is 2. The third-order valence-corrected chi connectivity index (χ3v) is 8.66. The van der Waals surface area contributed by atoms with Crippen LogP contribution in [0.5, 0.6) is 11.5 Å². The highest BCUT2D eigenvalue weighted by molar-refractivity contribution is 7.10. The normalized spacial score (nSPS) is 28.2. The largest absolute Gasteiger partial charge is 0.493 e. The van der Waals surface area contributed by atoms with Crippen molar-refractivity contribution in [3.05, 3.63) is 45.6 Å². The number of rotatable bonds is 5. The van der Waals surface area contributed by atoms with Crippen LogP contribution >= 0.6 is 11.3 Å². The lowest BCUT2D eigenvalue weighted by Crippen LogP contribution is -2.54. The number of fused-ring (bicyclic) bond motifs is 1. The molecule has 1 aliphatic carbocycles. The van der Waals surface area contributed by atoms with Crippen molar-refractivity contribution < 1.29 is 19.1 Å². The molecule has 3 heterocycles. The van der Waals surface area contributed by atoms with Crippen molar-refractivity contribution in [1.29, 1.82) is 0 Å². The zero-order valence-corrected chi connectivity index (χ0v) is 22.0. The zero-order chi connectivity index (χ0) is 25.0. The molecule has 0 unspecified atom stereocenters. The summed E-state index contributed by atoms with van der Waals surface area (Å²) in [5.74, 6) is 1.70. The second-order valence-corrected chi connectivity index (χ2v) is 12.1. The zero-order valence-electron chi connectivity index (χ0n) is 21.2. The highest BCUT2D eigenvalue weighted by Gasteiger charge is 2.56. The van der Waals surface area contributed by atoms with Crippen LogP contribution in [0.1, 0.15) is 62.1 Å². The molecule has 1 saturated carbocycles. The van der Waals surface area contributed by atoms with Crippen molar-refractivity contribution in [2.24, 2.45) is 11.3 Å². The number of nitrogens with zero attached hydrogens (tertiary/aromatic N) is 2. The molecule has 5 rings (SSSR count). The van der Waals surface area contributed by atoms with Crippen LogP contribution in [-0.2, 0) is 11.2 Å². The fourth-order valence-corrected chi connectivity index (χ4v) is 7.62. The Morgan fingerprint density at radius 2 is 1.89 bits per heavy atom. The quantitative estimate of drug-likeness (QED) is 0.601. The Bertz CT molecular complexity index is 1130. The number of amides is 3. The summed E-state index contributed by atoms with van der Waals surface area (Å²) in [6.07, 6.45) is 3.24. The molecule has 0 radical (unpaired) electrons. The highest BCUT2D eigenvalue weighted by atomic mass is 32.1. The van der Waals surface area contributed by atoms with Crippen molar-refractivity contribution in [3.63, 3.8) is 0 Å². The molecule has 2 aliphatic heterocycles. The Morgan fingerprint density at radius 1 is 1.14 bits per heavy atom. The first-order chi connectivity index (χ1) is 16.7. The molecule has 1 aromatic heterocycles. The van der Waals surface area contributed by atoms with E-state index in [4.69, 9.17) is 9.47 Å². The van der Waals surface area contributed by atoms with E-state index < -0.39 is 5.54 Å². The first kappa shape index (κ1) is 24.1. The minimum Gasteiger partial charge on any atom is -0.493 e. The maximum atomic E-state index is 13.8. The van der Waals surface area contributed by atoms with E-state index in [9.17, 15) is 9.59 Å². The molecule has 1 saturated heterocycles. The van der Waals surface area contributed by atoms with Gasteiger partial charge in [0.2, 0.25) is 0 Å². The molecule has 3 amide bonds. The van der Waals surface area contributed by atoms with Gasteiger partial charge in [-0.05, 0) is 71.7 Å². The molecule has 1 aromatic carbocycles. The van der Waals surface area contributed by atoms with Crippen LogP contribution < -0.4 is 14.8 Å². The molecule has 1 spiro atoms. The van der Waals surface area contributed by atoms with Gasteiger partial charge in [-0.25, -0.2) is 9.69 Å². The average molecular weight is 498 g/mol. The van der Waals surface area contributed by atoms with Gasteiger partial charge in [0.1, 0.15) is 5.54 Å². The molecule has 0 bridgehead atoms. The van der Waals surface area contributed by atoms with Gasteiger partial charge >= 0.3 is 6.03 Å². The number of urea groups is 1. The monoisotopic (exact) mass is 497 g/mol. The Kier molecular flexibility index (Phi) is 6.08. The summed E-state index contributed by atoms with van der Waals surface area (Å²) in [6, 6.07) is 7.92. The molecule has 188 valence electrons. The molecule has 7 nitrogen and oxygen atoms in total. The van der Waals surface area contributed by atoms with E-state index in [2.05, 4.69) is 48.5 Å². The Morgan fingerprint density at radius 3 is 2.54 bits per heavy atom. The number of ether oxygens (including phenoxy) is 2. The summed E-state index contributed by atoms with van der Waals surface area (Å²) < 4.78 is 11.1. The highest BCUT2D eigenvalue weighted by Crippen LogP contribution is 2.47. The molecule has 1 N–H and O–H groups in total. The molecule has 2 aromatic rings. The minimum absolute atomic E-state index is 0.00972. The van der Waals surface area contributed by atoms with Gasteiger partial charge in [0.15, 0.2) is 11.5 Å². The predicted molar refractivity (Wildman–Crippen MR) is 136 cm³/mol. The van der Waals surface area contributed by atoms with Gasteiger partial charge in [-0.1, -0.05) is 26.8 Å². The van der Waals surface area contributed by atoms with Gasteiger partial charge in [-0.2, -0.15) is 0 Å². The van der Waals surface area contributed by atoms with Crippen LogP contribution in [0, 0.1) is 11.3 Å². The van der Waals surface area contributed by atoms with Gasteiger partial charge in [0, 0.05) is 11.4 Å². The third kappa shape index (κ3) is 4.20. The summed E-state index contributed by atoms with van der Waals surface area (Å²) in [6.45, 7) is 7.57.